The monoisotopic (exact) mass is 328 g/mol. The summed E-state index contributed by atoms with van der Waals surface area (Å²) in [6, 6.07) is 8.02. The molecule has 5 heteroatoms. The Bertz CT molecular complexity index is 752. The first kappa shape index (κ1) is 16.6. The second kappa shape index (κ2) is 6.30. The fourth-order valence-electron chi connectivity index (χ4n) is 3.21. The van der Waals surface area contributed by atoms with Gasteiger partial charge in [0.1, 0.15) is 5.60 Å². The van der Waals surface area contributed by atoms with Crippen molar-refractivity contribution in [2.24, 2.45) is 5.92 Å². The van der Waals surface area contributed by atoms with Gasteiger partial charge in [-0.15, -0.1) is 0 Å². The molecular formula is C19H24N2O3. The van der Waals surface area contributed by atoms with Crippen LogP contribution >= 0.6 is 0 Å². The molecule has 24 heavy (non-hydrogen) atoms. The van der Waals surface area contributed by atoms with Crippen LogP contribution in [-0.2, 0) is 4.79 Å². The standard InChI is InChI=1S/C19H24N2O3/c1-19(2,3)24-17-15-7-4-8-16(14(15)9-10-20-17)21-11-5-6-13(12-21)18(22)23/h4,7-10,13H,5-6,11-12H2,1-3H3,(H,22,23). The van der Waals surface area contributed by atoms with Crippen LogP contribution < -0.4 is 9.64 Å². The van der Waals surface area contributed by atoms with Crippen LogP contribution in [0.15, 0.2) is 30.5 Å². The lowest BCUT2D eigenvalue weighted by molar-refractivity contribution is -0.141. The summed E-state index contributed by atoms with van der Waals surface area (Å²) < 4.78 is 5.99. The van der Waals surface area contributed by atoms with Crippen LogP contribution in [0.25, 0.3) is 10.8 Å². The van der Waals surface area contributed by atoms with Gasteiger partial charge in [-0.25, -0.2) is 4.98 Å². The summed E-state index contributed by atoms with van der Waals surface area (Å²) in [5.74, 6) is -0.395. The average molecular weight is 328 g/mol. The summed E-state index contributed by atoms with van der Waals surface area (Å²) in [4.78, 5) is 17.9. The molecule has 3 rings (SSSR count). The quantitative estimate of drug-likeness (QED) is 0.930. The third-order valence-electron chi connectivity index (χ3n) is 4.26. The minimum atomic E-state index is -0.710. The number of fused-ring (bicyclic) bond motifs is 1. The van der Waals surface area contributed by atoms with Gasteiger partial charge in [0.15, 0.2) is 0 Å². The number of aliphatic carboxylic acids is 1. The Balaban J connectivity index is 2.00. The van der Waals surface area contributed by atoms with E-state index in [1.54, 1.807) is 6.20 Å². The number of pyridine rings is 1. The van der Waals surface area contributed by atoms with Crippen molar-refractivity contribution in [3.8, 4) is 5.88 Å². The third kappa shape index (κ3) is 3.45. The molecule has 1 aromatic carbocycles. The molecule has 0 radical (unpaired) electrons. The van der Waals surface area contributed by atoms with Crippen molar-refractivity contribution in [1.29, 1.82) is 0 Å². The van der Waals surface area contributed by atoms with E-state index in [4.69, 9.17) is 4.74 Å². The van der Waals surface area contributed by atoms with E-state index in [2.05, 4.69) is 9.88 Å². The summed E-state index contributed by atoms with van der Waals surface area (Å²) in [5.41, 5.74) is 0.733. The van der Waals surface area contributed by atoms with Gasteiger partial charge in [0.05, 0.1) is 5.92 Å². The van der Waals surface area contributed by atoms with Crippen LogP contribution in [0.4, 0.5) is 5.69 Å². The van der Waals surface area contributed by atoms with E-state index in [0.717, 1.165) is 35.8 Å². The topological polar surface area (TPSA) is 62.7 Å². The SMILES string of the molecule is CC(C)(C)Oc1nccc2c(N3CCCC(C(=O)O)C3)cccc12. The van der Waals surface area contributed by atoms with Crippen molar-refractivity contribution >= 4 is 22.4 Å². The van der Waals surface area contributed by atoms with Crippen LogP contribution in [-0.4, -0.2) is 34.8 Å². The maximum atomic E-state index is 11.3. The van der Waals surface area contributed by atoms with Crippen LogP contribution in [0.3, 0.4) is 0 Å². The van der Waals surface area contributed by atoms with Crippen LogP contribution in [0.5, 0.6) is 5.88 Å². The molecule has 0 saturated carbocycles. The number of carboxylic acids is 1. The van der Waals surface area contributed by atoms with Crippen molar-refractivity contribution in [3.05, 3.63) is 30.5 Å². The number of nitrogens with zero attached hydrogens (tertiary/aromatic N) is 2. The largest absolute Gasteiger partial charge is 0.481 e. The number of piperidine rings is 1. The molecule has 0 bridgehead atoms. The van der Waals surface area contributed by atoms with Gasteiger partial charge in [0.25, 0.3) is 0 Å². The van der Waals surface area contributed by atoms with Gasteiger partial charge in [-0.3, -0.25) is 4.79 Å². The molecule has 1 unspecified atom stereocenters. The Morgan fingerprint density at radius 3 is 2.79 bits per heavy atom. The van der Waals surface area contributed by atoms with Crippen molar-refractivity contribution in [1.82, 2.24) is 4.98 Å². The Kier molecular flexibility index (Phi) is 4.35. The van der Waals surface area contributed by atoms with E-state index in [0.29, 0.717) is 12.4 Å². The number of hydrogen-bond acceptors (Lipinski definition) is 4. The van der Waals surface area contributed by atoms with Crippen molar-refractivity contribution < 1.29 is 14.6 Å². The minimum absolute atomic E-state index is 0.305. The van der Waals surface area contributed by atoms with Crippen LogP contribution in [0.2, 0.25) is 0 Å². The second-order valence-corrected chi connectivity index (χ2v) is 7.33. The predicted octanol–water partition coefficient (Wildman–Crippen LogP) is 3.71. The first-order valence-electron chi connectivity index (χ1n) is 8.40. The number of rotatable bonds is 3. The lowest BCUT2D eigenvalue weighted by atomic mass is 9.97. The van der Waals surface area contributed by atoms with Gasteiger partial charge >= 0.3 is 5.97 Å². The second-order valence-electron chi connectivity index (χ2n) is 7.33. The highest BCUT2D eigenvalue weighted by molar-refractivity contribution is 5.97. The lowest BCUT2D eigenvalue weighted by Gasteiger charge is -2.33. The van der Waals surface area contributed by atoms with Crippen molar-refractivity contribution in [2.45, 2.75) is 39.2 Å². The molecule has 1 aliphatic heterocycles. The molecule has 1 atom stereocenters. The number of ether oxygens (including phenoxy) is 1. The Morgan fingerprint density at radius 1 is 1.29 bits per heavy atom. The van der Waals surface area contributed by atoms with Gasteiger partial charge in [-0.1, -0.05) is 6.07 Å². The summed E-state index contributed by atoms with van der Waals surface area (Å²) in [7, 11) is 0. The maximum Gasteiger partial charge on any atom is 0.308 e. The maximum absolute atomic E-state index is 11.3. The molecular weight excluding hydrogens is 304 g/mol. The van der Waals surface area contributed by atoms with E-state index in [-0.39, 0.29) is 11.5 Å². The predicted molar refractivity (Wildman–Crippen MR) is 94.7 cm³/mol. The Labute approximate surface area is 142 Å². The normalized spacial score (nSPS) is 18.6. The van der Waals surface area contributed by atoms with E-state index in [1.807, 2.05) is 45.0 Å². The van der Waals surface area contributed by atoms with Gasteiger partial charge in [0, 0.05) is 35.7 Å². The highest BCUT2D eigenvalue weighted by Crippen LogP contribution is 2.34. The lowest BCUT2D eigenvalue weighted by Crippen LogP contribution is -2.38. The summed E-state index contributed by atoms with van der Waals surface area (Å²) >= 11 is 0. The molecule has 0 amide bonds. The Morgan fingerprint density at radius 2 is 2.08 bits per heavy atom. The number of anilines is 1. The van der Waals surface area contributed by atoms with Gasteiger partial charge in [-0.05, 0) is 51.8 Å². The summed E-state index contributed by atoms with van der Waals surface area (Å²) in [6.07, 6.45) is 3.39. The smallest absolute Gasteiger partial charge is 0.308 e. The van der Waals surface area contributed by atoms with E-state index in [1.165, 1.54) is 0 Å². The zero-order chi connectivity index (χ0) is 17.3. The number of carboxylic acid groups (broad SMARTS) is 1. The first-order chi connectivity index (χ1) is 11.3. The first-order valence-corrected chi connectivity index (χ1v) is 8.40. The molecule has 1 N–H and O–H groups in total. The molecule has 2 heterocycles. The number of benzene rings is 1. The molecule has 1 saturated heterocycles. The van der Waals surface area contributed by atoms with Crippen LogP contribution in [0.1, 0.15) is 33.6 Å². The van der Waals surface area contributed by atoms with Gasteiger partial charge < -0.3 is 14.7 Å². The zero-order valence-electron chi connectivity index (χ0n) is 14.5. The molecule has 1 fully saturated rings. The van der Waals surface area contributed by atoms with Crippen molar-refractivity contribution in [2.75, 3.05) is 18.0 Å². The molecule has 0 aliphatic carbocycles. The number of aromatic nitrogens is 1. The summed E-state index contributed by atoms with van der Waals surface area (Å²) in [6.45, 7) is 7.42. The van der Waals surface area contributed by atoms with Crippen LogP contribution in [0, 0.1) is 5.92 Å². The minimum Gasteiger partial charge on any atom is -0.481 e. The highest BCUT2D eigenvalue weighted by atomic mass is 16.5. The fraction of sp³-hybridized carbons (Fsp3) is 0.474. The molecule has 128 valence electrons. The third-order valence-corrected chi connectivity index (χ3v) is 4.26. The number of carbonyl (C=O) groups is 1. The fourth-order valence-corrected chi connectivity index (χ4v) is 3.21. The highest BCUT2D eigenvalue weighted by Gasteiger charge is 2.26. The van der Waals surface area contributed by atoms with E-state index >= 15 is 0 Å². The van der Waals surface area contributed by atoms with E-state index in [9.17, 15) is 9.90 Å². The molecule has 1 aliphatic rings. The summed E-state index contributed by atoms with van der Waals surface area (Å²) in [5, 5.41) is 11.3. The van der Waals surface area contributed by atoms with Gasteiger partial charge in [0.2, 0.25) is 5.88 Å². The molecule has 1 aromatic heterocycles. The Hall–Kier alpha value is -2.30. The average Bonchev–Trinajstić information content (AvgIpc) is 2.53. The van der Waals surface area contributed by atoms with Gasteiger partial charge in [-0.2, -0.15) is 0 Å². The van der Waals surface area contributed by atoms with E-state index < -0.39 is 5.97 Å². The number of hydrogen-bond donors (Lipinski definition) is 1. The molecule has 0 spiro atoms. The zero-order valence-corrected chi connectivity index (χ0v) is 14.5. The molecule has 2 aromatic rings. The molecule has 5 nitrogen and oxygen atoms in total. The van der Waals surface area contributed by atoms with Crippen molar-refractivity contribution in [3.63, 3.8) is 0 Å².